The minimum absolute atomic E-state index is 0.187. The number of amides is 2. The van der Waals surface area contributed by atoms with Crippen LogP contribution in [0, 0.1) is 0 Å². The summed E-state index contributed by atoms with van der Waals surface area (Å²) in [4.78, 5) is 42.1. The summed E-state index contributed by atoms with van der Waals surface area (Å²) in [5.74, 6) is -1.27. The third-order valence-electron chi connectivity index (χ3n) is 6.35. The van der Waals surface area contributed by atoms with Gasteiger partial charge in [-0.2, -0.15) is 0 Å². The molecule has 0 saturated carbocycles. The molecule has 1 aliphatic heterocycles. The molecular weight excluding hydrogens is 551 g/mol. The molecule has 1 fully saturated rings. The molecule has 40 heavy (non-hydrogen) atoms. The highest BCUT2D eigenvalue weighted by Crippen LogP contribution is 2.47. The van der Waals surface area contributed by atoms with Crippen LogP contribution in [0.25, 0.3) is 10.4 Å². The molecule has 2 amide bonds. The first-order valence-corrected chi connectivity index (χ1v) is 15.6. The lowest BCUT2D eigenvalue weighted by molar-refractivity contribution is -0.119. The van der Waals surface area contributed by atoms with Crippen molar-refractivity contribution in [1.82, 2.24) is 4.90 Å². The van der Waals surface area contributed by atoms with Crippen LogP contribution in [0.4, 0.5) is 5.00 Å². The molecule has 2 aromatic carbocycles. The predicted octanol–water partition coefficient (Wildman–Crippen LogP) is 5.73. The first kappa shape index (κ1) is 29.7. The van der Waals surface area contributed by atoms with Gasteiger partial charge in [-0.15, -0.1) is 11.3 Å². The van der Waals surface area contributed by atoms with E-state index in [9.17, 15) is 18.9 Å². The van der Waals surface area contributed by atoms with E-state index in [0.717, 1.165) is 10.4 Å². The second-order valence-corrected chi connectivity index (χ2v) is 12.0. The Hall–Kier alpha value is -3.30. The Bertz CT molecular complexity index is 1400. The Morgan fingerprint density at radius 2 is 1.70 bits per heavy atom. The van der Waals surface area contributed by atoms with Crippen molar-refractivity contribution < 1.29 is 32.7 Å². The van der Waals surface area contributed by atoms with Crippen molar-refractivity contribution in [2.45, 2.75) is 39.7 Å². The standard InChI is InChI=1S/C29H33N2O7PS/c1-4-36-29(34)23-19-25(20-12-8-7-9-13-20)40-27(23)30-26(32)24-16-11-17-31(24)28(33)21-14-10-15-22(18-21)39(35,37-5-2)38-6-3/h7-10,12-15,18-19,24H,4-6,11,16-17H2,1-3H3,(H,30,32)/t24-/m1/s1. The summed E-state index contributed by atoms with van der Waals surface area (Å²) in [5.41, 5.74) is 1.46. The van der Waals surface area contributed by atoms with Crippen molar-refractivity contribution in [3.63, 3.8) is 0 Å². The Kier molecular flexibility index (Phi) is 9.92. The van der Waals surface area contributed by atoms with Gasteiger partial charge < -0.3 is 24.0 Å². The number of carbonyl (C=O) groups excluding carboxylic acids is 3. The maximum atomic E-state index is 13.6. The summed E-state index contributed by atoms with van der Waals surface area (Å²) >= 11 is 1.28. The first-order chi connectivity index (χ1) is 19.3. The number of nitrogens with one attached hydrogen (secondary N) is 1. The molecule has 4 rings (SSSR count). The third-order valence-corrected chi connectivity index (χ3v) is 9.55. The molecule has 1 atom stereocenters. The smallest absolute Gasteiger partial charge is 0.361 e. The van der Waals surface area contributed by atoms with Gasteiger partial charge in [0.2, 0.25) is 5.91 Å². The number of thiophene rings is 1. The van der Waals surface area contributed by atoms with Crippen LogP contribution in [-0.4, -0.2) is 55.1 Å². The minimum Gasteiger partial charge on any atom is -0.462 e. The zero-order valence-corrected chi connectivity index (χ0v) is 24.5. The Labute approximate surface area is 238 Å². The van der Waals surface area contributed by atoms with Crippen LogP contribution in [0.3, 0.4) is 0 Å². The van der Waals surface area contributed by atoms with Crippen molar-refractivity contribution >= 4 is 47.0 Å². The number of carbonyl (C=O) groups is 3. The van der Waals surface area contributed by atoms with E-state index in [1.165, 1.54) is 22.3 Å². The predicted molar refractivity (Wildman–Crippen MR) is 155 cm³/mol. The zero-order chi connectivity index (χ0) is 28.7. The number of nitrogens with zero attached hydrogens (tertiary/aromatic N) is 1. The van der Waals surface area contributed by atoms with E-state index in [2.05, 4.69) is 5.32 Å². The van der Waals surface area contributed by atoms with Gasteiger partial charge in [0.15, 0.2) is 0 Å². The van der Waals surface area contributed by atoms with Crippen molar-refractivity contribution in [3.8, 4) is 10.4 Å². The number of hydrogen-bond acceptors (Lipinski definition) is 8. The molecule has 1 N–H and O–H groups in total. The van der Waals surface area contributed by atoms with Crippen molar-refractivity contribution in [1.29, 1.82) is 0 Å². The van der Waals surface area contributed by atoms with Crippen molar-refractivity contribution in [2.75, 3.05) is 31.7 Å². The van der Waals surface area contributed by atoms with E-state index in [1.807, 2.05) is 30.3 Å². The molecule has 2 heterocycles. The normalized spacial score (nSPS) is 15.2. The summed E-state index contributed by atoms with van der Waals surface area (Å²) in [5, 5.41) is 3.55. The summed E-state index contributed by atoms with van der Waals surface area (Å²) in [7, 11) is -3.59. The fourth-order valence-corrected chi connectivity index (χ4v) is 7.24. The van der Waals surface area contributed by atoms with Gasteiger partial charge in [-0.05, 0) is 63.4 Å². The second-order valence-electron chi connectivity index (χ2n) is 8.97. The number of likely N-dealkylation sites (tertiary alicyclic amines) is 1. The first-order valence-electron chi connectivity index (χ1n) is 13.3. The summed E-state index contributed by atoms with van der Waals surface area (Å²) < 4.78 is 29.3. The molecule has 0 radical (unpaired) electrons. The Morgan fingerprint density at radius 1 is 0.975 bits per heavy atom. The highest BCUT2D eigenvalue weighted by Gasteiger charge is 2.36. The van der Waals surface area contributed by atoms with Gasteiger partial charge in [-0.25, -0.2) is 4.79 Å². The molecule has 0 unspecified atom stereocenters. The highest BCUT2D eigenvalue weighted by molar-refractivity contribution is 7.62. The Morgan fingerprint density at radius 3 is 2.38 bits per heavy atom. The number of hydrogen-bond donors (Lipinski definition) is 1. The van der Waals surface area contributed by atoms with Crippen LogP contribution in [-0.2, 0) is 23.1 Å². The zero-order valence-electron chi connectivity index (χ0n) is 22.8. The van der Waals surface area contributed by atoms with Gasteiger partial charge in [-0.3, -0.25) is 14.2 Å². The third kappa shape index (κ3) is 6.53. The number of benzene rings is 2. The quantitative estimate of drug-likeness (QED) is 0.226. The van der Waals surface area contributed by atoms with Crippen LogP contribution in [0.1, 0.15) is 54.3 Å². The number of ether oxygens (including phenoxy) is 1. The summed E-state index contributed by atoms with van der Waals surface area (Å²) in [6, 6.07) is 16.9. The lowest BCUT2D eigenvalue weighted by Crippen LogP contribution is -2.43. The monoisotopic (exact) mass is 584 g/mol. The van der Waals surface area contributed by atoms with Gasteiger partial charge in [0.25, 0.3) is 5.91 Å². The number of rotatable bonds is 11. The molecule has 1 saturated heterocycles. The molecule has 1 aliphatic rings. The largest absolute Gasteiger partial charge is 0.462 e. The van der Waals surface area contributed by atoms with Crippen molar-refractivity contribution in [2.24, 2.45) is 0 Å². The van der Waals surface area contributed by atoms with E-state index >= 15 is 0 Å². The van der Waals surface area contributed by atoms with E-state index in [0.29, 0.717) is 24.4 Å². The maximum absolute atomic E-state index is 13.6. The number of anilines is 1. The molecule has 0 aliphatic carbocycles. The molecule has 9 nitrogen and oxygen atoms in total. The lowest BCUT2D eigenvalue weighted by atomic mass is 10.1. The van der Waals surface area contributed by atoms with Gasteiger partial charge in [-0.1, -0.05) is 36.4 Å². The fraction of sp³-hybridized carbons (Fsp3) is 0.345. The van der Waals surface area contributed by atoms with Crippen LogP contribution in [0.15, 0.2) is 60.7 Å². The molecular formula is C29H33N2O7PS. The molecule has 212 valence electrons. The molecule has 0 bridgehead atoms. The van der Waals surface area contributed by atoms with Crippen molar-refractivity contribution in [3.05, 3.63) is 71.8 Å². The van der Waals surface area contributed by atoms with Crippen LogP contribution in [0.2, 0.25) is 0 Å². The average molecular weight is 585 g/mol. The molecule has 1 aromatic heterocycles. The summed E-state index contributed by atoms with van der Waals surface area (Å²) in [6.45, 7) is 6.13. The summed E-state index contributed by atoms with van der Waals surface area (Å²) in [6.07, 6.45) is 1.11. The Balaban J connectivity index is 1.57. The second kappa shape index (κ2) is 13.4. The fourth-order valence-electron chi connectivity index (χ4n) is 4.57. The van der Waals surface area contributed by atoms with Crippen LogP contribution >= 0.6 is 18.9 Å². The van der Waals surface area contributed by atoms with Crippen LogP contribution < -0.4 is 10.6 Å². The number of esters is 1. The van der Waals surface area contributed by atoms with E-state index in [-0.39, 0.29) is 48.1 Å². The van der Waals surface area contributed by atoms with E-state index < -0.39 is 19.6 Å². The topological polar surface area (TPSA) is 111 Å². The highest BCUT2D eigenvalue weighted by atomic mass is 32.1. The maximum Gasteiger partial charge on any atom is 0.361 e. The molecule has 0 spiro atoms. The van der Waals surface area contributed by atoms with E-state index in [4.69, 9.17) is 13.8 Å². The molecule has 11 heteroatoms. The van der Waals surface area contributed by atoms with Gasteiger partial charge in [0.05, 0.1) is 30.7 Å². The van der Waals surface area contributed by atoms with Crippen LogP contribution in [0.5, 0.6) is 0 Å². The van der Waals surface area contributed by atoms with Gasteiger partial charge in [0, 0.05) is 17.0 Å². The lowest BCUT2D eigenvalue weighted by Gasteiger charge is -2.24. The SMILES string of the molecule is CCOC(=O)c1cc(-c2ccccc2)sc1NC(=O)[C@H]1CCCN1C(=O)c1cccc(P(=O)(OCC)OCC)c1. The van der Waals surface area contributed by atoms with Gasteiger partial charge >= 0.3 is 13.6 Å². The average Bonchev–Trinajstić information content (AvgIpc) is 3.62. The molecule has 3 aromatic rings. The van der Waals surface area contributed by atoms with Gasteiger partial charge in [0.1, 0.15) is 11.0 Å². The van der Waals surface area contributed by atoms with E-state index in [1.54, 1.807) is 45.0 Å². The minimum atomic E-state index is -3.59.